The number of ether oxygens (including phenoxy) is 6. The summed E-state index contributed by atoms with van der Waals surface area (Å²) in [6.07, 6.45) is 2.80. The maximum atomic E-state index is 11.8. The first-order valence-electron chi connectivity index (χ1n) is 11.9. The van der Waals surface area contributed by atoms with Crippen molar-refractivity contribution in [3.05, 3.63) is 0 Å². The number of hydrogen-bond acceptors (Lipinski definition) is 8. The van der Waals surface area contributed by atoms with Crippen LogP contribution < -0.4 is 0 Å². The number of amides is 1. The van der Waals surface area contributed by atoms with Crippen molar-refractivity contribution < 1.29 is 38.0 Å². The van der Waals surface area contributed by atoms with Gasteiger partial charge in [-0.05, 0) is 60.8 Å². The van der Waals surface area contributed by atoms with Crippen LogP contribution >= 0.6 is 0 Å². The number of nitrogens with zero attached hydrogens (tertiary/aromatic N) is 1. The minimum atomic E-state index is -0.466. The molecule has 0 rings (SSSR count). The molecule has 0 aromatic carbocycles. The van der Waals surface area contributed by atoms with E-state index in [9.17, 15) is 9.59 Å². The molecule has 1 amide bonds. The van der Waals surface area contributed by atoms with E-state index in [1.807, 2.05) is 41.5 Å². The Kier molecular flexibility index (Phi) is 17.2. The molecular weight excluding hydrogens is 430 g/mol. The predicted octanol–water partition coefficient (Wildman–Crippen LogP) is 3.82. The van der Waals surface area contributed by atoms with E-state index in [2.05, 4.69) is 0 Å². The molecule has 0 bridgehead atoms. The molecule has 33 heavy (non-hydrogen) atoms. The quantitative estimate of drug-likeness (QED) is 0.217. The van der Waals surface area contributed by atoms with Crippen LogP contribution in [0.3, 0.4) is 0 Å². The molecule has 0 atom stereocenters. The van der Waals surface area contributed by atoms with Crippen molar-refractivity contribution in [2.75, 3.05) is 66.4 Å². The predicted molar refractivity (Wildman–Crippen MR) is 126 cm³/mol. The Labute approximate surface area is 200 Å². The molecule has 0 aromatic rings. The SMILES string of the molecule is CN(CCCCCOCCOCCOCCOCCC(=O)OC(C)(C)C)C(=O)OC(C)(C)C. The van der Waals surface area contributed by atoms with E-state index >= 15 is 0 Å². The topological polar surface area (TPSA) is 92.8 Å². The number of hydrogen-bond donors (Lipinski definition) is 0. The Morgan fingerprint density at radius 1 is 0.606 bits per heavy atom. The van der Waals surface area contributed by atoms with E-state index in [0.29, 0.717) is 59.4 Å². The van der Waals surface area contributed by atoms with Crippen molar-refractivity contribution in [1.82, 2.24) is 4.90 Å². The molecule has 0 radical (unpaired) electrons. The van der Waals surface area contributed by atoms with E-state index in [1.54, 1.807) is 11.9 Å². The van der Waals surface area contributed by atoms with Gasteiger partial charge in [-0.25, -0.2) is 4.79 Å². The van der Waals surface area contributed by atoms with Gasteiger partial charge in [0.2, 0.25) is 0 Å². The zero-order valence-corrected chi connectivity index (χ0v) is 21.9. The summed E-state index contributed by atoms with van der Waals surface area (Å²) in [6, 6.07) is 0. The lowest BCUT2D eigenvalue weighted by Crippen LogP contribution is -2.34. The van der Waals surface area contributed by atoms with Crippen LogP contribution in [0, 0.1) is 0 Å². The molecule has 0 heterocycles. The van der Waals surface area contributed by atoms with Gasteiger partial charge in [-0.1, -0.05) is 0 Å². The Morgan fingerprint density at radius 3 is 1.55 bits per heavy atom. The van der Waals surface area contributed by atoms with Crippen LogP contribution in [0.4, 0.5) is 4.79 Å². The van der Waals surface area contributed by atoms with Crippen molar-refractivity contribution in [2.24, 2.45) is 0 Å². The smallest absolute Gasteiger partial charge is 0.410 e. The molecule has 0 aromatic heterocycles. The van der Waals surface area contributed by atoms with Gasteiger partial charge in [0.1, 0.15) is 11.2 Å². The van der Waals surface area contributed by atoms with E-state index < -0.39 is 11.2 Å². The van der Waals surface area contributed by atoms with Crippen molar-refractivity contribution in [2.45, 2.75) is 78.4 Å². The van der Waals surface area contributed by atoms with Crippen molar-refractivity contribution in [3.8, 4) is 0 Å². The highest BCUT2D eigenvalue weighted by molar-refractivity contribution is 5.69. The fourth-order valence-electron chi connectivity index (χ4n) is 2.47. The lowest BCUT2D eigenvalue weighted by atomic mass is 10.2. The monoisotopic (exact) mass is 477 g/mol. The molecule has 0 unspecified atom stereocenters. The van der Waals surface area contributed by atoms with Crippen LogP contribution in [0.15, 0.2) is 0 Å². The zero-order valence-electron chi connectivity index (χ0n) is 21.9. The number of rotatable bonds is 18. The standard InChI is InChI=1S/C24H47NO8/c1-23(2,3)32-21(26)11-14-29-16-18-31-20-19-30-17-15-28-13-10-8-9-12-25(7)22(27)33-24(4,5)6/h8-20H2,1-7H3. The lowest BCUT2D eigenvalue weighted by Gasteiger charge is -2.24. The molecule has 0 aliphatic rings. The van der Waals surface area contributed by atoms with Crippen molar-refractivity contribution in [1.29, 1.82) is 0 Å². The molecule has 9 nitrogen and oxygen atoms in total. The highest BCUT2D eigenvalue weighted by Crippen LogP contribution is 2.10. The van der Waals surface area contributed by atoms with E-state index in [-0.39, 0.29) is 18.5 Å². The largest absolute Gasteiger partial charge is 0.460 e. The second-order valence-electron chi connectivity index (χ2n) is 9.75. The summed E-state index contributed by atoms with van der Waals surface area (Å²) < 4.78 is 32.3. The van der Waals surface area contributed by atoms with Crippen LogP contribution in [0.1, 0.15) is 67.2 Å². The molecule has 196 valence electrons. The number of carbonyl (C=O) groups excluding carboxylic acids is 2. The first kappa shape index (κ1) is 31.6. The fourth-order valence-corrected chi connectivity index (χ4v) is 2.47. The third-order valence-electron chi connectivity index (χ3n) is 3.97. The summed E-state index contributed by atoms with van der Waals surface area (Å²) in [4.78, 5) is 25.0. The number of unbranched alkanes of at least 4 members (excludes halogenated alkanes) is 2. The van der Waals surface area contributed by atoms with E-state index in [1.165, 1.54) is 0 Å². The summed E-state index contributed by atoms with van der Waals surface area (Å²) >= 11 is 0. The molecular formula is C24H47NO8. The Bertz CT molecular complexity index is 514. The van der Waals surface area contributed by atoms with Gasteiger partial charge in [0.05, 0.1) is 52.7 Å². The van der Waals surface area contributed by atoms with Gasteiger partial charge in [-0.15, -0.1) is 0 Å². The summed E-state index contributed by atoms with van der Waals surface area (Å²) in [7, 11) is 1.76. The minimum absolute atomic E-state index is 0.240. The molecule has 0 spiro atoms. The fraction of sp³-hybridized carbons (Fsp3) is 0.917. The second-order valence-corrected chi connectivity index (χ2v) is 9.75. The van der Waals surface area contributed by atoms with Gasteiger partial charge < -0.3 is 33.3 Å². The average Bonchev–Trinajstić information content (AvgIpc) is 2.67. The normalized spacial score (nSPS) is 12.0. The molecule has 0 N–H and O–H groups in total. The number of esters is 1. The highest BCUT2D eigenvalue weighted by atomic mass is 16.6. The number of carbonyl (C=O) groups is 2. The van der Waals surface area contributed by atoms with Crippen LogP contribution in [-0.2, 0) is 33.2 Å². The maximum Gasteiger partial charge on any atom is 0.410 e. The van der Waals surface area contributed by atoms with Gasteiger partial charge >= 0.3 is 12.1 Å². The van der Waals surface area contributed by atoms with Crippen LogP contribution in [0.25, 0.3) is 0 Å². The summed E-state index contributed by atoms with van der Waals surface area (Å²) in [5.74, 6) is -0.259. The summed E-state index contributed by atoms with van der Waals surface area (Å²) in [5.41, 5.74) is -0.931. The first-order valence-corrected chi connectivity index (χ1v) is 11.9. The highest BCUT2D eigenvalue weighted by Gasteiger charge is 2.19. The summed E-state index contributed by atoms with van der Waals surface area (Å²) in [6.45, 7) is 15.7. The van der Waals surface area contributed by atoms with Gasteiger partial charge in [0, 0.05) is 20.2 Å². The minimum Gasteiger partial charge on any atom is -0.460 e. The first-order chi connectivity index (χ1) is 15.4. The van der Waals surface area contributed by atoms with Crippen molar-refractivity contribution >= 4 is 12.1 Å². The molecule has 0 aliphatic heterocycles. The lowest BCUT2D eigenvalue weighted by molar-refractivity contribution is -0.156. The van der Waals surface area contributed by atoms with Gasteiger partial charge in [-0.3, -0.25) is 4.79 Å². The second kappa shape index (κ2) is 18.0. The van der Waals surface area contributed by atoms with Gasteiger partial charge in [0.15, 0.2) is 0 Å². The molecule has 0 fully saturated rings. The van der Waals surface area contributed by atoms with Gasteiger partial charge in [0.25, 0.3) is 0 Å². The van der Waals surface area contributed by atoms with Crippen LogP contribution in [0.2, 0.25) is 0 Å². The Balaban J connectivity index is 3.32. The molecule has 0 saturated heterocycles. The summed E-state index contributed by atoms with van der Waals surface area (Å²) in [5, 5.41) is 0. The third kappa shape index (κ3) is 23.5. The van der Waals surface area contributed by atoms with E-state index in [0.717, 1.165) is 19.3 Å². The molecule has 0 saturated carbocycles. The zero-order chi connectivity index (χ0) is 25.2. The molecule has 0 aliphatic carbocycles. The Morgan fingerprint density at radius 2 is 1.06 bits per heavy atom. The van der Waals surface area contributed by atoms with Crippen LogP contribution in [0.5, 0.6) is 0 Å². The van der Waals surface area contributed by atoms with Crippen LogP contribution in [-0.4, -0.2) is 94.6 Å². The Hall–Kier alpha value is -1.42. The van der Waals surface area contributed by atoms with Crippen molar-refractivity contribution in [3.63, 3.8) is 0 Å². The third-order valence-corrected chi connectivity index (χ3v) is 3.97. The van der Waals surface area contributed by atoms with E-state index in [4.69, 9.17) is 28.4 Å². The maximum absolute atomic E-state index is 11.8. The van der Waals surface area contributed by atoms with Gasteiger partial charge in [-0.2, -0.15) is 0 Å². The molecule has 9 heteroatoms. The average molecular weight is 478 g/mol.